The molecular formula is C21H26FN3O. The topological polar surface area (TPSA) is 38.1 Å². The van der Waals surface area contributed by atoms with Crippen molar-refractivity contribution in [3.63, 3.8) is 0 Å². The molecule has 0 unspecified atom stereocenters. The van der Waals surface area contributed by atoms with E-state index in [0.717, 1.165) is 43.0 Å². The fourth-order valence-corrected chi connectivity index (χ4v) is 4.10. The molecular weight excluding hydrogens is 329 g/mol. The molecule has 1 amide bonds. The van der Waals surface area contributed by atoms with E-state index >= 15 is 0 Å². The fourth-order valence-electron chi connectivity index (χ4n) is 4.10. The van der Waals surface area contributed by atoms with Crippen molar-refractivity contribution >= 4 is 5.91 Å². The first kappa shape index (κ1) is 17.3. The first-order valence-corrected chi connectivity index (χ1v) is 9.68. The first-order chi connectivity index (χ1) is 12.5. The molecule has 0 spiro atoms. The summed E-state index contributed by atoms with van der Waals surface area (Å²) in [5.74, 6) is 0.601. The van der Waals surface area contributed by atoms with E-state index in [-0.39, 0.29) is 11.7 Å². The molecule has 4 rings (SSSR count). The highest BCUT2D eigenvalue weighted by molar-refractivity contribution is 5.95. The molecule has 138 valence electrons. The average Bonchev–Trinajstić information content (AvgIpc) is 3.39. The van der Waals surface area contributed by atoms with E-state index in [0.29, 0.717) is 17.6 Å². The van der Waals surface area contributed by atoms with E-state index in [1.807, 2.05) is 6.92 Å². The number of hydrogen-bond acceptors (Lipinski definition) is 2. The lowest BCUT2D eigenvalue weighted by molar-refractivity contribution is 0.0592. The van der Waals surface area contributed by atoms with Crippen LogP contribution in [0.15, 0.2) is 30.5 Å². The summed E-state index contributed by atoms with van der Waals surface area (Å²) in [6.45, 7) is 4.22. The van der Waals surface area contributed by atoms with Crippen molar-refractivity contribution in [1.29, 1.82) is 0 Å². The van der Waals surface area contributed by atoms with Gasteiger partial charge in [0.25, 0.3) is 5.91 Å². The number of halogens is 1. The highest BCUT2D eigenvalue weighted by Crippen LogP contribution is 2.36. The molecule has 1 aromatic heterocycles. The van der Waals surface area contributed by atoms with Crippen LogP contribution in [0, 0.1) is 18.7 Å². The Bertz CT molecular complexity index is 786. The second-order valence-electron chi connectivity index (χ2n) is 7.89. The third-order valence-corrected chi connectivity index (χ3v) is 5.86. The number of nitrogens with zero attached hydrogens (tertiary/aromatic N) is 3. The number of carbonyl (C=O) groups is 1. The molecule has 0 radical (unpaired) electrons. The van der Waals surface area contributed by atoms with E-state index in [1.165, 1.54) is 25.0 Å². The van der Waals surface area contributed by atoms with Crippen molar-refractivity contribution in [1.82, 2.24) is 14.7 Å². The molecule has 1 heterocycles. The second kappa shape index (κ2) is 6.86. The number of rotatable bonds is 4. The third-order valence-electron chi connectivity index (χ3n) is 5.86. The van der Waals surface area contributed by atoms with Gasteiger partial charge in [-0.3, -0.25) is 4.79 Å². The largest absolute Gasteiger partial charge is 0.333 e. The summed E-state index contributed by atoms with van der Waals surface area (Å²) < 4.78 is 14.9. The highest BCUT2D eigenvalue weighted by Gasteiger charge is 2.39. The minimum Gasteiger partial charge on any atom is -0.333 e. The Morgan fingerprint density at radius 3 is 2.23 bits per heavy atom. The summed E-state index contributed by atoms with van der Waals surface area (Å²) in [7, 11) is 0. The van der Waals surface area contributed by atoms with E-state index in [1.54, 1.807) is 23.0 Å². The van der Waals surface area contributed by atoms with Crippen LogP contribution in [-0.4, -0.2) is 32.7 Å². The quantitative estimate of drug-likeness (QED) is 0.810. The van der Waals surface area contributed by atoms with Gasteiger partial charge in [-0.05, 0) is 75.6 Å². The van der Waals surface area contributed by atoms with Gasteiger partial charge in [0.05, 0.1) is 23.1 Å². The van der Waals surface area contributed by atoms with Crippen molar-refractivity contribution in [2.24, 2.45) is 5.92 Å². The van der Waals surface area contributed by atoms with Crippen molar-refractivity contribution in [3.8, 4) is 5.69 Å². The summed E-state index contributed by atoms with van der Waals surface area (Å²) in [6, 6.07) is 6.96. The molecule has 0 N–H and O–H groups in total. The smallest absolute Gasteiger partial charge is 0.257 e. The normalized spacial score (nSPS) is 23.0. The summed E-state index contributed by atoms with van der Waals surface area (Å²) in [5.41, 5.74) is 2.25. The third kappa shape index (κ3) is 3.27. The van der Waals surface area contributed by atoms with Crippen LogP contribution in [0.4, 0.5) is 4.39 Å². The lowest BCUT2D eigenvalue weighted by Crippen LogP contribution is -2.43. The minimum atomic E-state index is -0.277. The van der Waals surface area contributed by atoms with Crippen molar-refractivity contribution in [2.75, 3.05) is 0 Å². The Hall–Kier alpha value is -2.17. The van der Waals surface area contributed by atoms with E-state index in [2.05, 4.69) is 16.9 Å². The molecule has 0 bridgehead atoms. The standard InChI is InChI=1S/C21H26FN3O/c1-14-3-7-17(8-4-14)24(18-11-12-18)21(26)20-13-23-25(15(20)2)19-9-5-16(22)6-10-19/h5-6,9-10,13-14,17-18H,3-4,7-8,11-12H2,1-2H3. The Morgan fingerprint density at radius 1 is 1.08 bits per heavy atom. The molecule has 2 aliphatic carbocycles. The maximum Gasteiger partial charge on any atom is 0.257 e. The van der Waals surface area contributed by atoms with Gasteiger partial charge in [-0.25, -0.2) is 9.07 Å². The Kier molecular flexibility index (Phi) is 4.55. The van der Waals surface area contributed by atoms with Crippen LogP contribution in [0.1, 0.15) is 61.5 Å². The van der Waals surface area contributed by atoms with Gasteiger partial charge in [0.1, 0.15) is 5.82 Å². The van der Waals surface area contributed by atoms with Crippen LogP contribution in [0.25, 0.3) is 5.69 Å². The molecule has 2 aliphatic rings. The van der Waals surface area contributed by atoms with Gasteiger partial charge in [0.15, 0.2) is 0 Å². The molecule has 4 nitrogen and oxygen atoms in total. The molecule has 2 saturated carbocycles. The molecule has 0 aliphatic heterocycles. The highest BCUT2D eigenvalue weighted by atomic mass is 19.1. The summed E-state index contributed by atoms with van der Waals surface area (Å²) in [5, 5.41) is 4.40. The van der Waals surface area contributed by atoms with Gasteiger partial charge < -0.3 is 4.90 Å². The van der Waals surface area contributed by atoms with Crippen molar-refractivity contribution < 1.29 is 9.18 Å². The molecule has 1 aromatic carbocycles. The lowest BCUT2D eigenvalue weighted by Gasteiger charge is -2.36. The van der Waals surface area contributed by atoms with Crippen LogP contribution < -0.4 is 0 Å². The van der Waals surface area contributed by atoms with E-state index in [9.17, 15) is 9.18 Å². The van der Waals surface area contributed by atoms with Crippen molar-refractivity contribution in [2.45, 2.75) is 64.5 Å². The number of hydrogen-bond donors (Lipinski definition) is 0. The molecule has 26 heavy (non-hydrogen) atoms. The molecule has 5 heteroatoms. The zero-order valence-electron chi connectivity index (χ0n) is 15.5. The Morgan fingerprint density at radius 2 is 1.65 bits per heavy atom. The number of amides is 1. The van der Waals surface area contributed by atoms with Crippen LogP contribution in [-0.2, 0) is 0 Å². The summed E-state index contributed by atoms with van der Waals surface area (Å²) in [6.07, 6.45) is 8.51. The molecule has 2 aromatic rings. The monoisotopic (exact) mass is 355 g/mol. The van der Waals surface area contributed by atoms with Crippen LogP contribution in [0.5, 0.6) is 0 Å². The number of carbonyl (C=O) groups excluding carboxylic acids is 1. The molecule has 2 fully saturated rings. The van der Waals surface area contributed by atoms with E-state index < -0.39 is 0 Å². The minimum absolute atomic E-state index is 0.109. The summed E-state index contributed by atoms with van der Waals surface area (Å²) >= 11 is 0. The fraction of sp³-hybridized carbons (Fsp3) is 0.524. The SMILES string of the molecule is Cc1c(C(=O)N(C2CCC(C)CC2)C2CC2)cnn1-c1ccc(F)cc1. The first-order valence-electron chi connectivity index (χ1n) is 9.68. The van der Waals surface area contributed by atoms with Crippen LogP contribution >= 0.6 is 0 Å². The second-order valence-corrected chi connectivity index (χ2v) is 7.89. The summed E-state index contributed by atoms with van der Waals surface area (Å²) in [4.78, 5) is 15.5. The van der Waals surface area contributed by atoms with E-state index in [4.69, 9.17) is 0 Å². The number of aromatic nitrogens is 2. The Balaban J connectivity index is 1.59. The van der Waals surface area contributed by atoms with Gasteiger partial charge in [-0.15, -0.1) is 0 Å². The van der Waals surface area contributed by atoms with Gasteiger partial charge in [-0.1, -0.05) is 6.92 Å². The van der Waals surface area contributed by atoms with Gasteiger partial charge >= 0.3 is 0 Å². The maximum atomic E-state index is 13.3. The molecule has 0 atom stereocenters. The average molecular weight is 355 g/mol. The lowest BCUT2D eigenvalue weighted by atomic mass is 9.86. The van der Waals surface area contributed by atoms with Crippen LogP contribution in [0.3, 0.4) is 0 Å². The molecule has 0 saturated heterocycles. The van der Waals surface area contributed by atoms with Crippen molar-refractivity contribution in [3.05, 3.63) is 47.5 Å². The maximum absolute atomic E-state index is 13.3. The van der Waals surface area contributed by atoms with Crippen LogP contribution in [0.2, 0.25) is 0 Å². The zero-order chi connectivity index (χ0) is 18.3. The predicted octanol–water partition coefficient (Wildman–Crippen LogP) is 4.50. The zero-order valence-corrected chi connectivity index (χ0v) is 15.5. The van der Waals surface area contributed by atoms with Gasteiger partial charge in [0, 0.05) is 12.1 Å². The van der Waals surface area contributed by atoms with Gasteiger partial charge in [-0.2, -0.15) is 5.10 Å². The van der Waals surface area contributed by atoms with Gasteiger partial charge in [0.2, 0.25) is 0 Å². The predicted molar refractivity (Wildman–Crippen MR) is 98.9 cm³/mol. The number of benzene rings is 1. The Labute approximate surface area is 154 Å².